The fourth-order valence-electron chi connectivity index (χ4n) is 2.59. The van der Waals surface area contributed by atoms with E-state index in [0.717, 1.165) is 23.6 Å². The van der Waals surface area contributed by atoms with Crippen molar-refractivity contribution in [3.8, 4) is 0 Å². The van der Waals surface area contributed by atoms with Crippen LogP contribution in [0.25, 0.3) is 0 Å². The summed E-state index contributed by atoms with van der Waals surface area (Å²) in [4.78, 5) is 14.3. The molecule has 0 aromatic heterocycles. The van der Waals surface area contributed by atoms with E-state index in [1.165, 1.54) is 6.42 Å². The van der Waals surface area contributed by atoms with Gasteiger partial charge in [0.05, 0.1) is 6.04 Å². The lowest BCUT2D eigenvalue weighted by Crippen LogP contribution is -2.34. The summed E-state index contributed by atoms with van der Waals surface area (Å²) in [6.07, 6.45) is 2.91. The zero-order valence-corrected chi connectivity index (χ0v) is 12.3. The minimum Gasteiger partial charge on any atom is -0.350 e. The molecule has 0 spiro atoms. The monoisotopic (exact) mass is 280 g/mol. The predicted octanol–water partition coefficient (Wildman–Crippen LogP) is 3.00. The first kappa shape index (κ1) is 14.4. The Kier molecular flexibility index (Phi) is 4.83. The van der Waals surface area contributed by atoms with E-state index in [2.05, 4.69) is 17.3 Å². The number of carbonyl (C=O) groups excluding carboxylic acids is 1. The van der Waals surface area contributed by atoms with Gasteiger partial charge in [-0.05, 0) is 51.1 Å². The van der Waals surface area contributed by atoms with Gasteiger partial charge in [-0.1, -0.05) is 23.7 Å². The Morgan fingerprint density at radius 3 is 2.74 bits per heavy atom. The average molecular weight is 281 g/mol. The van der Waals surface area contributed by atoms with Crippen LogP contribution in [-0.2, 0) is 4.79 Å². The highest BCUT2D eigenvalue weighted by Gasteiger charge is 2.23. The highest BCUT2D eigenvalue weighted by Crippen LogP contribution is 2.19. The SMILES string of the molecule is C[C@H](NC(=O)C[C@H]1CCCN1C)c1ccc(Cl)cc1. The Bertz CT molecular complexity index is 432. The molecule has 1 aromatic carbocycles. The molecule has 0 saturated carbocycles. The molecule has 0 radical (unpaired) electrons. The van der Waals surface area contributed by atoms with Crippen molar-refractivity contribution in [2.75, 3.05) is 13.6 Å². The van der Waals surface area contributed by atoms with Gasteiger partial charge in [-0.25, -0.2) is 0 Å². The van der Waals surface area contributed by atoms with Crippen molar-refractivity contribution in [3.05, 3.63) is 34.9 Å². The van der Waals surface area contributed by atoms with Crippen LogP contribution in [0.15, 0.2) is 24.3 Å². The molecule has 0 bridgehead atoms. The van der Waals surface area contributed by atoms with Gasteiger partial charge in [-0.3, -0.25) is 4.79 Å². The Morgan fingerprint density at radius 1 is 1.47 bits per heavy atom. The summed E-state index contributed by atoms with van der Waals surface area (Å²) in [6, 6.07) is 8.03. The molecule has 2 atom stereocenters. The molecule has 1 heterocycles. The van der Waals surface area contributed by atoms with Crippen LogP contribution in [0.2, 0.25) is 5.02 Å². The highest BCUT2D eigenvalue weighted by molar-refractivity contribution is 6.30. The standard InChI is InChI=1S/C15H21ClN2O/c1-11(12-5-7-13(16)8-6-12)17-15(19)10-14-4-3-9-18(14)2/h5-8,11,14H,3-4,9-10H2,1-2H3,(H,17,19)/t11-,14+/m0/s1. The molecule has 1 amide bonds. The number of carbonyl (C=O) groups is 1. The van der Waals surface area contributed by atoms with Gasteiger partial charge >= 0.3 is 0 Å². The molecule has 3 nitrogen and oxygen atoms in total. The van der Waals surface area contributed by atoms with Crippen LogP contribution in [-0.4, -0.2) is 30.4 Å². The van der Waals surface area contributed by atoms with Gasteiger partial charge in [-0.15, -0.1) is 0 Å². The molecule has 1 N–H and O–H groups in total. The number of nitrogens with one attached hydrogen (secondary N) is 1. The highest BCUT2D eigenvalue weighted by atomic mass is 35.5. The Labute approximate surface area is 119 Å². The van der Waals surface area contributed by atoms with E-state index < -0.39 is 0 Å². The lowest BCUT2D eigenvalue weighted by molar-refractivity contribution is -0.122. The maximum Gasteiger partial charge on any atom is 0.222 e. The maximum atomic E-state index is 12.0. The summed E-state index contributed by atoms with van der Waals surface area (Å²) in [5.41, 5.74) is 1.08. The van der Waals surface area contributed by atoms with E-state index in [1.54, 1.807) is 0 Å². The number of hydrogen-bond acceptors (Lipinski definition) is 2. The molecule has 1 aromatic rings. The van der Waals surface area contributed by atoms with E-state index in [0.29, 0.717) is 12.5 Å². The smallest absolute Gasteiger partial charge is 0.222 e. The van der Waals surface area contributed by atoms with Gasteiger partial charge in [0, 0.05) is 17.5 Å². The largest absolute Gasteiger partial charge is 0.350 e. The number of halogens is 1. The second kappa shape index (κ2) is 6.40. The molecule has 1 saturated heterocycles. The summed E-state index contributed by atoms with van der Waals surface area (Å²) in [5, 5.41) is 3.77. The summed E-state index contributed by atoms with van der Waals surface area (Å²) >= 11 is 5.86. The first-order valence-electron chi connectivity index (χ1n) is 6.81. The number of rotatable bonds is 4. The second-order valence-corrected chi connectivity index (χ2v) is 5.76. The van der Waals surface area contributed by atoms with Crippen LogP contribution in [0.1, 0.15) is 37.8 Å². The average Bonchev–Trinajstić information content (AvgIpc) is 2.75. The third-order valence-corrected chi connectivity index (χ3v) is 4.09. The van der Waals surface area contributed by atoms with Crippen molar-refractivity contribution in [2.45, 2.75) is 38.3 Å². The molecular formula is C15H21ClN2O. The van der Waals surface area contributed by atoms with Crippen LogP contribution in [0, 0.1) is 0 Å². The van der Waals surface area contributed by atoms with Crippen LogP contribution in [0.5, 0.6) is 0 Å². The van der Waals surface area contributed by atoms with Gasteiger partial charge in [0.15, 0.2) is 0 Å². The Hall–Kier alpha value is -1.06. The number of nitrogens with zero attached hydrogens (tertiary/aromatic N) is 1. The summed E-state index contributed by atoms with van der Waals surface area (Å²) in [5.74, 6) is 0.126. The molecule has 104 valence electrons. The first-order valence-corrected chi connectivity index (χ1v) is 7.19. The maximum absolute atomic E-state index is 12.0. The predicted molar refractivity (Wildman–Crippen MR) is 78.3 cm³/mol. The van der Waals surface area contributed by atoms with Crippen molar-refractivity contribution in [1.82, 2.24) is 10.2 Å². The first-order chi connectivity index (χ1) is 9.06. The van der Waals surface area contributed by atoms with Gasteiger partial charge in [-0.2, -0.15) is 0 Å². The zero-order valence-electron chi connectivity index (χ0n) is 11.5. The van der Waals surface area contributed by atoms with Crippen molar-refractivity contribution in [3.63, 3.8) is 0 Å². The summed E-state index contributed by atoms with van der Waals surface area (Å²) < 4.78 is 0. The van der Waals surface area contributed by atoms with Crippen molar-refractivity contribution in [2.24, 2.45) is 0 Å². The Morgan fingerprint density at radius 2 is 2.16 bits per heavy atom. The van der Waals surface area contributed by atoms with E-state index in [1.807, 2.05) is 31.2 Å². The van der Waals surface area contributed by atoms with Crippen molar-refractivity contribution < 1.29 is 4.79 Å². The molecule has 2 rings (SSSR count). The number of amides is 1. The molecular weight excluding hydrogens is 260 g/mol. The minimum atomic E-state index is 0.0245. The molecule has 1 aliphatic heterocycles. The third kappa shape index (κ3) is 3.95. The number of hydrogen-bond donors (Lipinski definition) is 1. The molecule has 0 unspecified atom stereocenters. The van der Waals surface area contributed by atoms with Gasteiger partial charge < -0.3 is 10.2 Å². The van der Waals surface area contributed by atoms with E-state index in [4.69, 9.17) is 11.6 Å². The molecule has 0 aliphatic carbocycles. The van der Waals surface area contributed by atoms with E-state index in [-0.39, 0.29) is 11.9 Å². The molecule has 4 heteroatoms. The lowest BCUT2D eigenvalue weighted by atomic mass is 10.1. The quantitative estimate of drug-likeness (QED) is 0.920. The summed E-state index contributed by atoms with van der Waals surface area (Å²) in [7, 11) is 2.09. The van der Waals surface area contributed by atoms with Gasteiger partial charge in [0.2, 0.25) is 5.91 Å². The topological polar surface area (TPSA) is 32.3 Å². The van der Waals surface area contributed by atoms with Gasteiger partial charge in [0.25, 0.3) is 0 Å². The molecule has 1 aliphatic rings. The van der Waals surface area contributed by atoms with Crippen LogP contribution < -0.4 is 5.32 Å². The molecule has 19 heavy (non-hydrogen) atoms. The van der Waals surface area contributed by atoms with Crippen molar-refractivity contribution in [1.29, 1.82) is 0 Å². The van der Waals surface area contributed by atoms with Crippen LogP contribution in [0.4, 0.5) is 0 Å². The number of benzene rings is 1. The third-order valence-electron chi connectivity index (χ3n) is 3.84. The van der Waals surface area contributed by atoms with Crippen molar-refractivity contribution >= 4 is 17.5 Å². The van der Waals surface area contributed by atoms with Crippen LogP contribution in [0.3, 0.4) is 0 Å². The normalized spacial score (nSPS) is 21.3. The van der Waals surface area contributed by atoms with E-state index >= 15 is 0 Å². The second-order valence-electron chi connectivity index (χ2n) is 5.32. The Balaban J connectivity index is 1.86. The fraction of sp³-hybridized carbons (Fsp3) is 0.533. The fourth-order valence-corrected chi connectivity index (χ4v) is 2.71. The van der Waals surface area contributed by atoms with Crippen LogP contribution >= 0.6 is 11.6 Å². The lowest BCUT2D eigenvalue weighted by Gasteiger charge is -2.20. The zero-order chi connectivity index (χ0) is 13.8. The number of likely N-dealkylation sites (tertiary alicyclic amines) is 1. The van der Waals surface area contributed by atoms with E-state index in [9.17, 15) is 4.79 Å². The summed E-state index contributed by atoms with van der Waals surface area (Å²) in [6.45, 7) is 3.10. The minimum absolute atomic E-state index is 0.0245. The van der Waals surface area contributed by atoms with Gasteiger partial charge in [0.1, 0.15) is 0 Å². The molecule has 1 fully saturated rings.